The number of fused-ring (bicyclic) bond motifs is 1. The standard InChI is InChI=1S/C23H29N3OS/c1-16-7-12-19-20(15-16)28-22(24-19)26(14-13-25(5)6)21(27)17-8-10-18(11-9-17)23(2,3)4/h7-12,15H,13-14H2,1-6H3. The fourth-order valence-corrected chi connectivity index (χ4v) is 4.08. The van der Waals surface area contributed by atoms with Gasteiger partial charge in [0.05, 0.1) is 10.2 Å². The van der Waals surface area contributed by atoms with E-state index in [1.165, 1.54) is 11.1 Å². The van der Waals surface area contributed by atoms with Crippen molar-refractivity contribution in [1.29, 1.82) is 0 Å². The van der Waals surface area contributed by atoms with Crippen LogP contribution in [0.25, 0.3) is 10.2 Å². The average molecular weight is 396 g/mol. The summed E-state index contributed by atoms with van der Waals surface area (Å²) in [6.07, 6.45) is 0. The number of carbonyl (C=O) groups is 1. The summed E-state index contributed by atoms with van der Waals surface area (Å²) in [5.41, 5.74) is 4.13. The van der Waals surface area contributed by atoms with Crippen molar-refractivity contribution in [2.24, 2.45) is 0 Å². The van der Waals surface area contributed by atoms with Gasteiger partial charge in [-0.3, -0.25) is 9.69 Å². The Bertz CT molecular complexity index is 968. The van der Waals surface area contributed by atoms with E-state index in [1.807, 2.05) is 37.2 Å². The molecule has 2 aromatic carbocycles. The molecule has 0 unspecified atom stereocenters. The van der Waals surface area contributed by atoms with Crippen LogP contribution in [0.5, 0.6) is 0 Å². The van der Waals surface area contributed by atoms with Crippen molar-refractivity contribution in [3.8, 4) is 0 Å². The van der Waals surface area contributed by atoms with Gasteiger partial charge in [0.15, 0.2) is 5.13 Å². The molecule has 5 heteroatoms. The monoisotopic (exact) mass is 395 g/mol. The number of aryl methyl sites for hydroxylation is 1. The Balaban J connectivity index is 1.95. The second-order valence-electron chi connectivity index (χ2n) is 8.56. The van der Waals surface area contributed by atoms with Gasteiger partial charge in [-0.2, -0.15) is 0 Å². The highest BCUT2D eigenvalue weighted by molar-refractivity contribution is 7.22. The van der Waals surface area contributed by atoms with Crippen molar-refractivity contribution < 1.29 is 4.79 Å². The number of anilines is 1. The number of carbonyl (C=O) groups excluding carboxylic acids is 1. The highest BCUT2D eigenvalue weighted by Gasteiger charge is 2.22. The zero-order valence-corrected chi connectivity index (χ0v) is 18.4. The maximum absolute atomic E-state index is 13.3. The van der Waals surface area contributed by atoms with Crippen LogP contribution in [0.3, 0.4) is 0 Å². The van der Waals surface area contributed by atoms with E-state index >= 15 is 0 Å². The molecule has 3 aromatic rings. The third-order valence-electron chi connectivity index (χ3n) is 4.78. The molecular weight excluding hydrogens is 366 g/mol. The number of aromatic nitrogens is 1. The Morgan fingerprint density at radius 1 is 1.04 bits per heavy atom. The van der Waals surface area contributed by atoms with Crippen molar-refractivity contribution in [3.05, 3.63) is 59.2 Å². The van der Waals surface area contributed by atoms with Gasteiger partial charge in [-0.05, 0) is 61.8 Å². The van der Waals surface area contributed by atoms with Crippen molar-refractivity contribution in [2.45, 2.75) is 33.1 Å². The van der Waals surface area contributed by atoms with Crippen LogP contribution in [-0.4, -0.2) is 43.0 Å². The topological polar surface area (TPSA) is 36.4 Å². The number of rotatable bonds is 5. The quantitative estimate of drug-likeness (QED) is 0.602. The molecule has 4 nitrogen and oxygen atoms in total. The maximum Gasteiger partial charge on any atom is 0.260 e. The SMILES string of the molecule is Cc1ccc2nc(N(CCN(C)C)C(=O)c3ccc(C(C)(C)C)cc3)sc2c1. The Labute approximate surface area is 171 Å². The van der Waals surface area contributed by atoms with E-state index in [1.54, 1.807) is 11.3 Å². The molecule has 0 saturated heterocycles. The first-order valence-electron chi connectivity index (χ1n) is 9.59. The van der Waals surface area contributed by atoms with Gasteiger partial charge in [0, 0.05) is 18.7 Å². The highest BCUT2D eigenvalue weighted by atomic mass is 32.1. The molecule has 0 aliphatic carbocycles. The Hall–Kier alpha value is -2.24. The molecule has 0 bridgehead atoms. The number of likely N-dealkylation sites (N-methyl/N-ethyl adjacent to an activating group) is 1. The molecule has 28 heavy (non-hydrogen) atoms. The fraction of sp³-hybridized carbons (Fsp3) is 0.391. The zero-order valence-electron chi connectivity index (χ0n) is 17.6. The summed E-state index contributed by atoms with van der Waals surface area (Å²) in [5.74, 6) is -0.00177. The summed E-state index contributed by atoms with van der Waals surface area (Å²) in [7, 11) is 4.03. The Kier molecular flexibility index (Phi) is 5.87. The predicted molar refractivity (Wildman–Crippen MR) is 120 cm³/mol. The lowest BCUT2D eigenvalue weighted by atomic mass is 9.86. The molecule has 1 heterocycles. The van der Waals surface area contributed by atoms with Gasteiger partial charge < -0.3 is 4.90 Å². The van der Waals surface area contributed by atoms with Crippen LogP contribution >= 0.6 is 11.3 Å². The number of hydrogen-bond acceptors (Lipinski definition) is 4. The van der Waals surface area contributed by atoms with Crippen LogP contribution < -0.4 is 4.90 Å². The molecule has 0 N–H and O–H groups in total. The fourth-order valence-electron chi connectivity index (χ4n) is 2.99. The summed E-state index contributed by atoms with van der Waals surface area (Å²) < 4.78 is 1.11. The van der Waals surface area contributed by atoms with Gasteiger partial charge in [-0.25, -0.2) is 4.98 Å². The van der Waals surface area contributed by atoms with Crippen LogP contribution in [-0.2, 0) is 5.41 Å². The third-order valence-corrected chi connectivity index (χ3v) is 5.82. The zero-order chi connectivity index (χ0) is 20.5. The normalized spacial score (nSPS) is 12.0. The maximum atomic E-state index is 13.3. The molecule has 0 aliphatic rings. The van der Waals surface area contributed by atoms with Crippen molar-refractivity contribution in [3.63, 3.8) is 0 Å². The molecule has 1 aromatic heterocycles. The lowest BCUT2D eigenvalue weighted by Gasteiger charge is -2.23. The van der Waals surface area contributed by atoms with Gasteiger partial charge in [0.2, 0.25) is 0 Å². The van der Waals surface area contributed by atoms with E-state index in [9.17, 15) is 4.79 Å². The summed E-state index contributed by atoms with van der Waals surface area (Å²) in [5, 5.41) is 0.757. The number of benzene rings is 2. The number of thiazole rings is 1. The van der Waals surface area contributed by atoms with Gasteiger partial charge in [0.25, 0.3) is 5.91 Å². The van der Waals surface area contributed by atoms with Gasteiger partial charge >= 0.3 is 0 Å². The summed E-state index contributed by atoms with van der Waals surface area (Å²) in [4.78, 5) is 22.0. The van der Waals surface area contributed by atoms with Crippen LogP contribution in [0, 0.1) is 6.92 Å². The second kappa shape index (κ2) is 8.02. The summed E-state index contributed by atoms with van der Waals surface area (Å²) in [6, 6.07) is 14.2. The second-order valence-corrected chi connectivity index (χ2v) is 9.56. The first-order chi connectivity index (χ1) is 13.1. The minimum Gasteiger partial charge on any atom is -0.308 e. The Morgan fingerprint density at radius 2 is 1.71 bits per heavy atom. The largest absolute Gasteiger partial charge is 0.308 e. The van der Waals surface area contributed by atoms with Crippen molar-refractivity contribution >= 4 is 32.6 Å². The first-order valence-corrected chi connectivity index (χ1v) is 10.4. The van der Waals surface area contributed by atoms with Crippen LogP contribution in [0.4, 0.5) is 5.13 Å². The van der Waals surface area contributed by atoms with Crippen molar-refractivity contribution in [1.82, 2.24) is 9.88 Å². The van der Waals surface area contributed by atoms with E-state index in [0.29, 0.717) is 12.1 Å². The highest BCUT2D eigenvalue weighted by Crippen LogP contribution is 2.31. The molecule has 0 atom stereocenters. The van der Waals surface area contributed by atoms with Gasteiger partial charge in [-0.15, -0.1) is 0 Å². The van der Waals surface area contributed by atoms with E-state index in [4.69, 9.17) is 4.98 Å². The lowest BCUT2D eigenvalue weighted by Crippen LogP contribution is -2.36. The minimum absolute atomic E-state index is 0.00177. The van der Waals surface area contributed by atoms with Crippen LogP contribution in [0.1, 0.15) is 42.3 Å². The number of nitrogens with zero attached hydrogens (tertiary/aromatic N) is 3. The molecule has 148 valence electrons. The molecule has 0 aliphatic heterocycles. The first kappa shape index (κ1) is 20.5. The van der Waals surface area contributed by atoms with Crippen molar-refractivity contribution in [2.75, 3.05) is 32.1 Å². The molecular formula is C23H29N3OS. The van der Waals surface area contributed by atoms with Gasteiger partial charge in [-0.1, -0.05) is 50.3 Å². The average Bonchev–Trinajstić information content (AvgIpc) is 3.03. The smallest absolute Gasteiger partial charge is 0.260 e. The van der Waals surface area contributed by atoms with E-state index in [2.05, 4.69) is 56.9 Å². The third kappa shape index (κ3) is 4.59. The van der Waals surface area contributed by atoms with Crippen LogP contribution in [0.2, 0.25) is 0 Å². The summed E-state index contributed by atoms with van der Waals surface area (Å²) in [6.45, 7) is 9.99. The van der Waals surface area contributed by atoms with E-state index in [-0.39, 0.29) is 11.3 Å². The lowest BCUT2D eigenvalue weighted by molar-refractivity contribution is 0.0985. The number of hydrogen-bond donors (Lipinski definition) is 0. The predicted octanol–water partition coefficient (Wildman–Crippen LogP) is 5.11. The molecule has 0 saturated carbocycles. The molecule has 1 amide bonds. The van der Waals surface area contributed by atoms with E-state index in [0.717, 1.165) is 21.9 Å². The molecule has 0 fully saturated rings. The molecule has 0 radical (unpaired) electrons. The number of amides is 1. The van der Waals surface area contributed by atoms with Gasteiger partial charge in [0.1, 0.15) is 0 Å². The molecule has 0 spiro atoms. The van der Waals surface area contributed by atoms with E-state index < -0.39 is 0 Å². The minimum atomic E-state index is -0.00177. The Morgan fingerprint density at radius 3 is 2.32 bits per heavy atom. The molecule has 3 rings (SSSR count). The summed E-state index contributed by atoms with van der Waals surface area (Å²) >= 11 is 1.58. The van der Waals surface area contributed by atoms with Crippen LogP contribution in [0.15, 0.2) is 42.5 Å².